The molecule has 0 amide bonds. The van der Waals surface area contributed by atoms with E-state index in [-0.39, 0.29) is 6.10 Å². The molecule has 1 saturated carbocycles. The highest BCUT2D eigenvalue weighted by Crippen LogP contribution is 2.32. The van der Waals surface area contributed by atoms with Crippen LogP contribution >= 0.6 is 31.9 Å². The second-order valence-corrected chi connectivity index (χ2v) is 4.70. The molecule has 0 aliphatic heterocycles. The van der Waals surface area contributed by atoms with Gasteiger partial charge < -0.3 is 0 Å². The van der Waals surface area contributed by atoms with Crippen molar-refractivity contribution in [1.82, 2.24) is 0 Å². The van der Waals surface area contributed by atoms with E-state index >= 15 is 0 Å². The van der Waals surface area contributed by atoms with Crippen LogP contribution in [0.4, 0.5) is 0 Å². The molecule has 1 N–H and O–H groups in total. The maximum absolute atomic E-state index is 8.30. The standard InChI is InChI=1S/C5H8Br2O2/c6-3-1-4(7)5(2-3)9-8/h3-5,8H,1-2H2. The largest absolute Gasteiger partial charge is 0.251 e. The van der Waals surface area contributed by atoms with E-state index in [2.05, 4.69) is 36.7 Å². The Morgan fingerprint density at radius 1 is 1.33 bits per heavy atom. The zero-order valence-electron chi connectivity index (χ0n) is 4.76. The highest BCUT2D eigenvalue weighted by atomic mass is 79.9. The van der Waals surface area contributed by atoms with Crippen LogP contribution in [0, 0.1) is 0 Å². The summed E-state index contributed by atoms with van der Waals surface area (Å²) in [6.45, 7) is 0. The molecule has 0 radical (unpaired) electrons. The van der Waals surface area contributed by atoms with Gasteiger partial charge in [-0.1, -0.05) is 31.9 Å². The lowest BCUT2D eigenvalue weighted by Crippen LogP contribution is -2.15. The Labute approximate surface area is 70.8 Å². The lowest BCUT2D eigenvalue weighted by molar-refractivity contribution is -0.274. The van der Waals surface area contributed by atoms with Gasteiger partial charge in [0.2, 0.25) is 0 Å². The Morgan fingerprint density at radius 3 is 2.22 bits per heavy atom. The Bertz CT molecular complexity index is 99.0. The molecule has 1 aliphatic carbocycles. The predicted molar refractivity (Wildman–Crippen MR) is 42.2 cm³/mol. The zero-order chi connectivity index (χ0) is 6.85. The van der Waals surface area contributed by atoms with Gasteiger partial charge >= 0.3 is 0 Å². The Balaban J connectivity index is 2.38. The van der Waals surface area contributed by atoms with Crippen LogP contribution in [0.1, 0.15) is 12.8 Å². The summed E-state index contributed by atoms with van der Waals surface area (Å²) in [5.74, 6) is 0. The van der Waals surface area contributed by atoms with Crippen LogP contribution in [0.25, 0.3) is 0 Å². The third-order valence-electron chi connectivity index (χ3n) is 1.51. The fraction of sp³-hybridized carbons (Fsp3) is 1.00. The number of halogens is 2. The smallest absolute Gasteiger partial charge is 0.106 e. The first kappa shape index (κ1) is 7.98. The van der Waals surface area contributed by atoms with Gasteiger partial charge in [-0.15, -0.1) is 0 Å². The van der Waals surface area contributed by atoms with Crippen LogP contribution < -0.4 is 0 Å². The van der Waals surface area contributed by atoms with E-state index in [9.17, 15) is 0 Å². The first-order chi connectivity index (χ1) is 4.24. The van der Waals surface area contributed by atoms with Crippen LogP contribution in [0.5, 0.6) is 0 Å². The molecule has 54 valence electrons. The van der Waals surface area contributed by atoms with Crippen LogP contribution in [0.15, 0.2) is 0 Å². The zero-order valence-corrected chi connectivity index (χ0v) is 7.93. The van der Waals surface area contributed by atoms with Crippen molar-refractivity contribution in [2.45, 2.75) is 28.6 Å². The van der Waals surface area contributed by atoms with E-state index in [1.807, 2.05) is 0 Å². The number of rotatable bonds is 1. The summed E-state index contributed by atoms with van der Waals surface area (Å²) in [6.07, 6.45) is 1.87. The molecule has 0 saturated heterocycles. The molecule has 1 aliphatic rings. The maximum Gasteiger partial charge on any atom is 0.106 e. The summed E-state index contributed by atoms with van der Waals surface area (Å²) in [6, 6.07) is 0. The van der Waals surface area contributed by atoms with Crippen molar-refractivity contribution >= 4 is 31.9 Å². The van der Waals surface area contributed by atoms with Gasteiger partial charge in [0.1, 0.15) is 6.10 Å². The van der Waals surface area contributed by atoms with Crippen LogP contribution in [-0.2, 0) is 4.89 Å². The van der Waals surface area contributed by atoms with E-state index in [1.165, 1.54) is 0 Å². The second kappa shape index (κ2) is 3.32. The van der Waals surface area contributed by atoms with Crippen molar-refractivity contribution in [1.29, 1.82) is 0 Å². The van der Waals surface area contributed by atoms with E-state index in [1.54, 1.807) is 0 Å². The molecule has 1 fully saturated rings. The quantitative estimate of drug-likeness (QED) is 0.444. The average molecular weight is 260 g/mol. The van der Waals surface area contributed by atoms with E-state index in [0.717, 1.165) is 12.8 Å². The maximum atomic E-state index is 8.30. The Hall–Kier alpha value is 0.880. The normalized spacial score (nSPS) is 43.7. The highest BCUT2D eigenvalue weighted by Gasteiger charge is 2.31. The molecule has 2 nitrogen and oxygen atoms in total. The van der Waals surface area contributed by atoms with Gasteiger partial charge in [0.25, 0.3) is 0 Å². The topological polar surface area (TPSA) is 29.5 Å². The summed E-state index contributed by atoms with van der Waals surface area (Å²) in [4.78, 5) is 5.00. The molecular formula is C5H8Br2O2. The van der Waals surface area contributed by atoms with Gasteiger partial charge in [0, 0.05) is 9.65 Å². The summed E-state index contributed by atoms with van der Waals surface area (Å²) >= 11 is 6.83. The van der Waals surface area contributed by atoms with Gasteiger partial charge in [-0.25, -0.2) is 4.89 Å². The van der Waals surface area contributed by atoms with Crippen LogP contribution in [-0.4, -0.2) is 21.0 Å². The van der Waals surface area contributed by atoms with Crippen molar-refractivity contribution in [3.63, 3.8) is 0 Å². The SMILES string of the molecule is OOC1CC(Br)CC1Br. The van der Waals surface area contributed by atoms with Crippen molar-refractivity contribution in [2.24, 2.45) is 0 Å². The van der Waals surface area contributed by atoms with Crippen LogP contribution in [0.2, 0.25) is 0 Å². The monoisotopic (exact) mass is 258 g/mol. The summed E-state index contributed by atoms with van der Waals surface area (Å²) in [5, 5.41) is 8.30. The van der Waals surface area contributed by atoms with Crippen molar-refractivity contribution < 1.29 is 10.1 Å². The van der Waals surface area contributed by atoms with Gasteiger partial charge in [0.05, 0.1) is 0 Å². The summed E-state index contributed by atoms with van der Waals surface area (Å²) < 4.78 is 0. The molecule has 0 aromatic heterocycles. The molecule has 0 aromatic carbocycles. The van der Waals surface area contributed by atoms with Crippen LogP contribution in [0.3, 0.4) is 0 Å². The van der Waals surface area contributed by atoms with Crippen molar-refractivity contribution in [3.05, 3.63) is 0 Å². The number of alkyl halides is 2. The van der Waals surface area contributed by atoms with E-state index < -0.39 is 0 Å². The minimum Gasteiger partial charge on any atom is -0.251 e. The molecule has 0 aromatic rings. The highest BCUT2D eigenvalue weighted by molar-refractivity contribution is 9.10. The second-order valence-electron chi connectivity index (χ2n) is 2.23. The Morgan fingerprint density at radius 2 is 2.00 bits per heavy atom. The van der Waals surface area contributed by atoms with Crippen molar-refractivity contribution in [2.75, 3.05) is 0 Å². The molecule has 1 rings (SSSR count). The lowest BCUT2D eigenvalue weighted by Gasteiger charge is -2.06. The van der Waals surface area contributed by atoms with Gasteiger partial charge in [0.15, 0.2) is 0 Å². The molecule has 9 heavy (non-hydrogen) atoms. The van der Waals surface area contributed by atoms with Gasteiger partial charge in [-0.2, -0.15) is 0 Å². The molecule has 0 bridgehead atoms. The van der Waals surface area contributed by atoms with Gasteiger partial charge in [-0.3, -0.25) is 5.26 Å². The minimum absolute atomic E-state index is 0.0330. The molecule has 0 heterocycles. The third-order valence-corrected chi connectivity index (χ3v) is 3.22. The Kier molecular flexibility index (Phi) is 2.95. The molecule has 3 atom stereocenters. The molecule has 4 heteroatoms. The van der Waals surface area contributed by atoms with E-state index in [0.29, 0.717) is 9.65 Å². The molecular weight excluding hydrogens is 252 g/mol. The number of hydrogen-bond donors (Lipinski definition) is 1. The first-order valence-corrected chi connectivity index (χ1v) is 4.65. The lowest BCUT2D eigenvalue weighted by atomic mass is 10.3. The molecule has 3 unspecified atom stereocenters. The van der Waals surface area contributed by atoms with E-state index in [4.69, 9.17) is 5.26 Å². The van der Waals surface area contributed by atoms with Gasteiger partial charge in [-0.05, 0) is 12.8 Å². The minimum atomic E-state index is -0.0330. The molecule has 0 spiro atoms. The van der Waals surface area contributed by atoms with Crippen molar-refractivity contribution in [3.8, 4) is 0 Å². The first-order valence-electron chi connectivity index (χ1n) is 2.82. The predicted octanol–water partition coefficient (Wildman–Crippen LogP) is 2.17. The summed E-state index contributed by atoms with van der Waals surface area (Å²) in [5.41, 5.74) is 0. The third kappa shape index (κ3) is 1.90. The number of hydrogen-bond acceptors (Lipinski definition) is 2. The fourth-order valence-corrected chi connectivity index (χ4v) is 3.04. The average Bonchev–Trinajstić information content (AvgIpc) is 2.10. The fourth-order valence-electron chi connectivity index (χ4n) is 1.00. The summed E-state index contributed by atoms with van der Waals surface area (Å²) in [7, 11) is 0.